The maximum Gasteiger partial charge on any atom is 0.307 e. The summed E-state index contributed by atoms with van der Waals surface area (Å²) < 4.78 is 1.32. The van der Waals surface area contributed by atoms with Gasteiger partial charge >= 0.3 is 5.69 Å². The van der Waals surface area contributed by atoms with Crippen molar-refractivity contribution in [3.63, 3.8) is 0 Å². The van der Waals surface area contributed by atoms with Gasteiger partial charge in [-0.2, -0.15) is 5.10 Å². The summed E-state index contributed by atoms with van der Waals surface area (Å²) in [7, 11) is 0. The summed E-state index contributed by atoms with van der Waals surface area (Å²) in [5.74, 6) is -0.208. The van der Waals surface area contributed by atoms with Crippen LogP contribution in [0.2, 0.25) is 0 Å². The molecule has 0 spiro atoms. The molecule has 0 unspecified atom stereocenters. The van der Waals surface area contributed by atoms with Gasteiger partial charge in [-0.15, -0.1) is 0 Å². The van der Waals surface area contributed by atoms with E-state index in [0.717, 1.165) is 38.9 Å². The number of hydrogen-bond donors (Lipinski definition) is 2. The van der Waals surface area contributed by atoms with Crippen LogP contribution in [-0.4, -0.2) is 64.8 Å². The molecule has 2 N–H and O–H groups in total. The van der Waals surface area contributed by atoms with E-state index in [1.54, 1.807) is 13.8 Å². The number of aromatic nitrogens is 2. The molecule has 0 atom stereocenters. The number of nitrogens with zero attached hydrogens (tertiary/aromatic N) is 4. The molecule has 9 heteroatoms. The first-order chi connectivity index (χ1) is 10.4. The number of nitrogens with one attached hydrogen (secondary N) is 2. The van der Waals surface area contributed by atoms with Crippen molar-refractivity contribution < 1.29 is 9.72 Å². The van der Waals surface area contributed by atoms with E-state index in [9.17, 15) is 14.9 Å². The Balaban J connectivity index is 1.87. The Hall–Kier alpha value is -2.00. The number of nitro groups is 1. The van der Waals surface area contributed by atoms with Crippen LogP contribution >= 0.6 is 0 Å². The molecule has 2 heterocycles. The van der Waals surface area contributed by atoms with Crippen LogP contribution < -0.4 is 10.6 Å². The van der Waals surface area contributed by atoms with Crippen LogP contribution in [0.5, 0.6) is 0 Å². The molecule has 0 saturated carbocycles. The van der Waals surface area contributed by atoms with Crippen molar-refractivity contribution in [1.82, 2.24) is 25.3 Å². The first-order valence-electron chi connectivity index (χ1n) is 7.32. The molecule has 1 saturated heterocycles. The smallest absolute Gasteiger partial charge is 0.307 e. The van der Waals surface area contributed by atoms with Crippen molar-refractivity contribution in [3.8, 4) is 0 Å². The van der Waals surface area contributed by atoms with Gasteiger partial charge in [-0.1, -0.05) is 0 Å². The summed E-state index contributed by atoms with van der Waals surface area (Å²) in [4.78, 5) is 24.8. The standard InChI is InChI=1S/C13H22N6O3/c1-13(2,18-10-11(9-16-18)19(21)22)12(20)15-5-8-17-6-3-14-4-7-17/h9-10,14H,3-8H2,1-2H3,(H,15,20). The molecule has 1 aliphatic rings. The molecule has 0 aromatic carbocycles. The lowest BCUT2D eigenvalue weighted by Crippen LogP contribution is -2.49. The highest BCUT2D eigenvalue weighted by atomic mass is 16.6. The van der Waals surface area contributed by atoms with Gasteiger partial charge in [0.05, 0.1) is 4.92 Å². The number of hydrogen-bond acceptors (Lipinski definition) is 6. The molecular weight excluding hydrogens is 288 g/mol. The highest BCUT2D eigenvalue weighted by Gasteiger charge is 2.31. The fourth-order valence-electron chi connectivity index (χ4n) is 2.30. The van der Waals surface area contributed by atoms with E-state index in [2.05, 4.69) is 20.6 Å². The molecule has 2 rings (SSSR count). The van der Waals surface area contributed by atoms with E-state index in [0.29, 0.717) is 6.54 Å². The highest BCUT2D eigenvalue weighted by molar-refractivity contribution is 5.83. The van der Waals surface area contributed by atoms with Crippen molar-refractivity contribution in [2.45, 2.75) is 19.4 Å². The van der Waals surface area contributed by atoms with E-state index in [1.807, 2.05) is 0 Å². The molecule has 1 amide bonds. The Morgan fingerprint density at radius 2 is 2.18 bits per heavy atom. The Kier molecular flexibility index (Phi) is 5.09. The highest BCUT2D eigenvalue weighted by Crippen LogP contribution is 2.18. The van der Waals surface area contributed by atoms with Crippen LogP contribution in [0.15, 0.2) is 12.4 Å². The number of rotatable bonds is 6. The minimum absolute atomic E-state index is 0.123. The maximum absolute atomic E-state index is 12.3. The second kappa shape index (κ2) is 6.84. The predicted molar refractivity (Wildman–Crippen MR) is 80.5 cm³/mol. The van der Waals surface area contributed by atoms with E-state index in [1.165, 1.54) is 10.9 Å². The molecule has 122 valence electrons. The summed E-state index contributed by atoms with van der Waals surface area (Å²) in [5.41, 5.74) is -1.10. The predicted octanol–water partition coefficient (Wildman–Crippen LogP) is -0.452. The minimum atomic E-state index is -0.974. The fraction of sp³-hybridized carbons (Fsp3) is 0.692. The summed E-state index contributed by atoms with van der Waals surface area (Å²) >= 11 is 0. The molecule has 0 bridgehead atoms. The van der Waals surface area contributed by atoms with Crippen LogP contribution in [0.4, 0.5) is 5.69 Å². The van der Waals surface area contributed by atoms with Gasteiger partial charge in [0.25, 0.3) is 0 Å². The third-order valence-corrected chi connectivity index (χ3v) is 3.83. The average molecular weight is 310 g/mol. The SMILES string of the molecule is CC(C)(C(=O)NCCN1CCNCC1)n1cc([N+](=O)[O-])cn1. The fourth-order valence-corrected chi connectivity index (χ4v) is 2.30. The topological polar surface area (TPSA) is 105 Å². The van der Waals surface area contributed by atoms with Crippen molar-refractivity contribution in [2.75, 3.05) is 39.3 Å². The lowest BCUT2D eigenvalue weighted by Gasteiger charge is -2.28. The van der Waals surface area contributed by atoms with Crippen molar-refractivity contribution >= 4 is 11.6 Å². The Morgan fingerprint density at radius 1 is 1.50 bits per heavy atom. The van der Waals surface area contributed by atoms with Gasteiger partial charge in [0.2, 0.25) is 5.91 Å². The molecule has 0 radical (unpaired) electrons. The summed E-state index contributed by atoms with van der Waals surface area (Å²) in [6.45, 7) is 8.60. The maximum atomic E-state index is 12.3. The van der Waals surface area contributed by atoms with E-state index in [4.69, 9.17) is 0 Å². The Bertz CT molecular complexity index is 536. The van der Waals surface area contributed by atoms with Gasteiger partial charge in [0.15, 0.2) is 0 Å². The monoisotopic (exact) mass is 310 g/mol. The van der Waals surface area contributed by atoms with Crippen molar-refractivity contribution in [2.24, 2.45) is 0 Å². The largest absolute Gasteiger partial charge is 0.353 e. The molecule has 1 aliphatic heterocycles. The van der Waals surface area contributed by atoms with E-state index < -0.39 is 10.5 Å². The summed E-state index contributed by atoms with van der Waals surface area (Å²) in [5, 5.41) is 20.8. The summed E-state index contributed by atoms with van der Waals surface area (Å²) in [6.07, 6.45) is 2.42. The minimum Gasteiger partial charge on any atom is -0.353 e. The van der Waals surface area contributed by atoms with Gasteiger partial charge in [0.1, 0.15) is 17.9 Å². The molecule has 9 nitrogen and oxygen atoms in total. The van der Waals surface area contributed by atoms with Crippen LogP contribution in [0, 0.1) is 10.1 Å². The van der Waals surface area contributed by atoms with Gasteiger partial charge < -0.3 is 10.6 Å². The third-order valence-electron chi connectivity index (χ3n) is 3.83. The molecule has 1 aromatic rings. The molecule has 1 fully saturated rings. The molecular formula is C13H22N6O3. The Labute approximate surface area is 128 Å². The molecule has 0 aliphatic carbocycles. The Morgan fingerprint density at radius 3 is 2.77 bits per heavy atom. The lowest BCUT2D eigenvalue weighted by atomic mass is 10.1. The van der Waals surface area contributed by atoms with Crippen molar-refractivity contribution in [3.05, 3.63) is 22.5 Å². The zero-order valence-electron chi connectivity index (χ0n) is 12.9. The number of piperazine rings is 1. The van der Waals surface area contributed by atoms with Crippen molar-refractivity contribution in [1.29, 1.82) is 0 Å². The second-order valence-corrected chi connectivity index (χ2v) is 5.81. The second-order valence-electron chi connectivity index (χ2n) is 5.81. The van der Waals surface area contributed by atoms with E-state index in [-0.39, 0.29) is 11.6 Å². The van der Waals surface area contributed by atoms with Gasteiger partial charge in [-0.05, 0) is 13.8 Å². The number of carbonyl (C=O) groups is 1. The quantitative estimate of drug-likeness (QED) is 0.544. The number of amides is 1. The first-order valence-corrected chi connectivity index (χ1v) is 7.32. The third kappa shape index (κ3) is 3.80. The average Bonchev–Trinajstić information content (AvgIpc) is 2.99. The van der Waals surface area contributed by atoms with E-state index >= 15 is 0 Å². The zero-order valence-corrected chi connectivity index (χ0v) is 12.9. The van der Waals surface area contributed by atoms with Gasteiger partial charge in [-0.25, -0.2) is 0 Å². The number of carbonyl (C=O) groups excluding carboxylic acids is 1. The van der Waals surface area contributed by atoms with Gasteiger partial charge in [-0.3, -0.25) is 24.5 Å². The lowest BCUT2D eigenvalue weighted by molar-refractivity contribution is -0.385. The first kappa shape index (κ1) is 16.4. The summed E-state index contributed by atoms with van der Waals surface area (Å²) in [6, 6.07) is 0. The van der Waals surface area contributed by atoms with Crippen LogP contribution in [0.3, 0.4) is 0 Å². The normalized spacial score (nSPS) is 16.5. The zero-order chi connectivity index (χ0) is 16.2. The van der Waals surface area contributed by atoms with Gasteiger partial charge in [0, 0.05) is 39.3 Å². The van der Waals surface area contributed by atoms with Crippen LogP contribution in [0.1, 0.15) is 13.8 Å². The molecule has 1 aromatic heterocycles. The van der Waals surface area contributed by atoms with Crippen LogP contribution in [0.25, 0.3) is 0 Å². The molecule has 22 heavy (non-hydrogen) atoms. The van der Waals surface area contributed by atoms with Crippen LogP contribution in [-0.2, 0) is 10.3 Å².